The molecule has 0 radical (unpaired) electrons. The molecule has 32 heavy (non-hydrogen) atoms. The maximum Gasteiger partial charge on any atom is 0.416 e. The summed E-state index contributed by atoms with van der Waals surface area (Å²) in [7, 11) is 0. The average Bonchev–Trinajstić information content (AvgIpc) is 2.75. The Balaban J connectivity index is 1.63. The van der Waals surface area contributed by atoms with E-state index in [-0.39, 0.29) is 28.1 Å². The molecule has 5 N–H and O–H groups in total. The molecule has 0 aliphatic heterocycles. The van der Waals surface area contributed by atoms with E-state index in [0.29, 0.717) is 5.56 Å². The third-order valence-electron chi connectivity index (χ3n) is 4.01. The zero-order valence-electron chi connectivity index (χ0n) is 16.2. The van der Waals surface area contributed by atoms with Gasteiger partial charge in [0.1, 0.15) is 5.69 Å². The van der Waals surface area contributed by atoms with Gasteiger partial charge < -0.3 is 16.4 Å². The van der Waals surface area contributed by atoms with Crippen LogP contribution in [0.4, 0.5) is 30.4 Å². The smallest absolute Gasteiger partial charge is 0.382 e. The lowest BCUT2D eigenvalue weighted by atomic mass is 10.2. The number of carbonyl (C=O) groups excluding carboxylic acids is 2. The molecule has 8 nitrogen and oxygen atoms in total. The number of halogens is 3. The van der Waals surface area contributed by atoms with Crippen molar-refractivity contribution in [3.63, 3.8) is 0 Å². The monoisotopic (exact) mass is 463 g/mol. The lowest BCUT2D eigenvalue weighted by Crippen LogP contribution is -2.23. The Hall–Kier alpha value is -3.80. The summed E-state index contributed by atoms with van der Waals surface area (Å²) in [6.07, 6.45) is -4.53. The van der Waals surface area contributed by atoms with Crippen LogP contribution in [-0.4, -0.2) is 27.5 Å². The molecule has 12 heteroatoms. The van der Waals surface area contributed by atoms with Crippen LogP contribution in [-0.2, 0) is 11.0 Å². The van der Waals surface area contributed by atoms with Gasteiger partial charge in [0.15, 0.2) is 11.0 Å². The lowest BCUT2D eigenvalue weighted by Gasteiger charge is -2.10. The number of nitrogens with zero attached hydrogens (tertiary/aromatic N) is 1. The second-order valence-electron chi connectivity index (χ2n) is 6.37. The number of thioether (sulfide) groups is 1. The zero-order chi connectivity index (χ0) is 23.3. The quantitative estimate of drug-likeness (QED) is 0.328. The predicted molar refractivity (Wildman–Crippen MR) is 114 cm³/mol. The molecule has 2 amide bonds. The van der Waals surface area contributed by atoms with Gasteiger partial charge in [-0.05, 0) is 30.3 Å². The SMILES string of the molecule is Nc1nc(SCC(=O)Nc2cccc(C(F)(F)F)c2)[nH]c(=O)c1NC(=O)c1ccccc1. The Morgan fingerprint density at radius 2 is 1.78 bits per heavy atom. The van der Waals surface area contributed by atoms with Crippen LogP contribution in [0.15, 0.2) is 64.5 Å². The fraction of sp³-hybridized carbons (Fsp3) is 0.100. The summed E-state index contributed by atoms with van der Waals surface area (Å²) in [5.74, 6) is -1.67. The molecule has 1 heterocycles. The summed E-state index contributed by atoms with van der Waals surface area (Å²) in [4.78, 5) is 42.9. The molecule has 0 unspecified atom stereocenters. The first-order valence-electron chi connectivity index (χ1n) is 8.99. The van der Waals surface area contributed by atoms with Crippen molar-refractivity contribution >= 4 is 40.8 Å². The van der Waals surface area contributed by atoms with Crippen LogP contribution in [0.25, 0.3) is 0 Å². The minimum absolute atomic E-state index is 0.00408. The maximum absolute atomic E-state index is 12.8. The van der Waals surface area contributed by atoms with Gasteiger partial charge in [0.25, 0.3) is 11.5 Å². The third kappa shape index (κ3) is 5.88. The summed E-state index contributed by atoms with van der Waals surface area (Å²) >= 11 is 0.816. The number of alkyl halides is 3. The predicted octanol–water partition coefficient (Wildman–Crippen LogP) is 3.35. The number of hydrogen-bond acceptors (Lipinski definition) is 6. The molecule has 0 spiro atoms. The highest BCUT2D eigenvalue weighted by Gasteiger charge is 2.30. The highest BCUT2D eigenvalue weighted by molar-refractivity contribution is 7.99. The Kier molecular flexibility index (Phi) is 6.83. The standard InChI is InChI=1S/C20H16F3N5O3S/c21-20(22,23)12-7-4-8-13(9-12)25-14(29)10-32-19-27-16(24)15(18(31)28-19)26-17(30)11-5-2-1-3-6-11/h1-9H,10H2,(H,25,29)(H,26,30)(H3,24,27,28,31). The lowest BCUT2D eigenvalue weighted by molar-refractivity contribution is -0.137. The van der Waals surface area contributed by atoms with Crippen LogP contribution in [0.1, 0.15) is 15.9 Å². The van der Waals surface area contributed by atoms with E-state index in [1.807, 2.05) is 0 Å². The van der Waals surface area contributed by atoms with Crippen molar-refractivity contribution in [3.8, 4) is 0 Å². The Bertz CT molecular complexity index is 1200. The van der Waals surface area contributed by atoms with Crippen LogP contribution >= 0.6 is 11.8 Å². The number of nitrogens with two attached hydrogens (primary N) is 1. The molecule has 0 bridgehead atoms. The molecule has 166 valence electrons. The molecular formula is C20H16F3N5O3S. The number of nitrogen functional groups attached to an aromatic ring is 1. The minimum atomic E-state index is -4.53. The Morgan fingerprint density at radius 3 is 2.44 bits per heavy atom. The van der Waals surface area contributed by atoms with Crippen molar-refractivity contribution in [2.24, 2.45) is 0 Å². The number of aromatic amines is 1. The van der Waals surface area contributed by atoms with E-state index in [1.165, 1.54) is 12.1 Å². The van der Waals surface area contributed by atoms with E-state index in [1.54, 1.807) is 30.3 Å². The number of hydrogen-bond donors (Lipinski definition) is 4. The van der Waals surface area contributed by atoms with Gasteiger partial charge in [-0.25, -0.2) is 4.98 Å². The Morgan fingerprint density at radius 1 is 1.06 bits per heavy atom. The number of nitrogens with one attached hydrogen (secondary N) is 3. The van der Waals surface area contributed by atoms with Crippen LogP contribution in [0.2, 0.25) is 0 Å². The molecular weight excluding hydrogens is 447 g/mol. The van der Waals surface area contributed by atoms with Crippen molar-refractivity contribution in [1.29, 1.82) is 0 Å². The van der Waals surface area contributed by atoms with Gasteiger partial charge in [-0.1, -0.05) is 36.0 Å². The molecule has 1 aromatic heterocycles. The van der Waals surface area contributed by atoms with Crippen LogP contribution in [0.3, 0.4) is 0 Å². The van der Waals surface area contributed by atoms with Gasteiger partial charge in [-0.15, -0.1) is 0 Å². The van der Waals surface area contributed by atoms with E-state index < -0.39 is 29.1 Å². The fourth-order valence-electron chi connectivity index (χ4n) is 2.54. The molecule has 0 saturated carbocycles. The molecule has 0 aliphatic rings. The maximum atomic E-state index is 12.8. The number of rotatable bonds is 6. The molecule has 0 atom stereocenters. The number of carbonyl (C=O) groups is 2. The van der Waals surface area contributed by atoms with Gasteiger partial charge in [-0.3, -0.25) is 19.4 Å². The first-order valence-corrected chi connectivity index (χ1v) is 9.98. The van der Waals surface area contributed by atoms with E-state index >= 15 is 0 Å². The summed E-state index contributed by atoms with van der Waals surface area (Å²) < 4.78 is 38.3. The molecule has 3 aromatic rings. The fourth-order valence-corrected chi connectivity index (χ4v) is 3.21. The third-order valence-corrected chi connectivity index (χ3v) is 4.89. The van der Waals surface area contributed by atoms with Crippen molar-refractivity contribution in [3.05, 3.63) is 76.1 Å². The minimum Gasteiger partial charge on any atom is -0.382 e. The van der Waals surface area contributed by atoms with Crippen LogP contribution in [0, 0.1) is 0 Å². The number of aromatic nitrogens is 2. The summed E-state index contributed by atoms with van der Waals surface area (Å²) in [5.41, 5.74) is 4.21. The first kappa shape index (κ1) is 22.9. The topological polar surface area (TPSA) is 130 Å². The van der Waals surface area contributed by atoms with Crippen LogP contribution < -0.4 is 21.9 Å². The zero-order valence-corrected chi connectivity index (χ0v) is 17.0. The van der Waals surface area contributed by atoms with Gasteiger partial charge in [0.05, 0.1) is 11.3 Å². The highest BCUT2D eigenvalue weighted by atomic mass is 32.2. The van der Waals surface area contributed by atoms with E-state index in [0.717, 1.165) is 23.9 Å². The second kappa shape index (κ2) is 9.56. The second-order valence-corrected chi connectivity index (χ2v) is 7.33. The van der Waals surface area contributed by atoms with Crippen LogP contribution in [0.5, 0.6) is 0 Å². The number of amides is 2. The van der Waals surface area contributed by atoms with Crippen molar-refractivity contribution in [1.82, 2.24) is 9.97 Å². The molecule has 0 saturated heterocycles. The Labute approximate surface area is 183 Å². The first-order chi connectivity index (χ1) is 15.1. The van der Waals surface area contributed by atoms with Crippen molar-refractivity contribution < 1.29 is 22.8 Å². The number of H-pyrrole nitrogens is 1. The molecule has 2 aromatic carbocycles. The summed E-state index contributed by atoms with van der Waals surface area (Å²) in [6.45, 7) is 0. The number of benzene rings is 2. The van der Waals surface area contributed by atoms with Gasteiger partial charge >= 0.3 is 6.18 Å². The average molecular weight is 463 g/mol. The van der Waals surface area contributed by atoms with Crippen molar-refractivity contribution in [2.45, 2.75) is 11.3 Å². The highest BCUT2D eigenvalue weighted by Crippen LogP contribution is 2.30. The van der Waals surface area contributed by atoms with E-state index in [9.17, 15) is 27.6 Å². The van der Waals surface area contributed by atoms with E-state index in [2.05, 4.69) is 20.6 Å². The summed E-state index contributed by atoms with van der Waals surface area (Å²) in [5, 5.41) is 4.73. The van der Waals surface area contributed by atoms with Gasteiger partial charge in [-0.2, -0.15) is 13.2 Å². The normalized spacial score (nSPS) is 11.1. The largest absolute Gasteiger partial charge is 0.416 e. The molecule has 0 aliphatic carbocycles. The molecule has 0 fully saturated rings. The van der Waals surface area contributed by atoms with Gasteiger partial charge in [0, 0.05) is 11.3 Å². The molecule has 3 rings (SSSR count). The van der Waals surface area contributed by atoms with E-state index in [4.69, 9.17) is 5.73 Å². The van der Waals surface area contributed by atoms with Gasteiger partial charge in [0.2, 0.25) is 5.91 Å². The summed E-state index contributed by atoms with van der Waals surface area (Å²) in [6, 6.07) is 12.4. The van der Waals surface area contributed by atoms with Crippen molar-refractivity contribution in [2.75, 3.05) is 22.1 Å². The number of anilines is 3.